The number of nitrogens with zero attached hydrogens (tertiary/aromatic N) is 1. The maximum atomic E-state index is 12.2. The largest absolute Gasteiger partial charge is 0.457 e. The van der Waals surface area contributed by atoms with E-state index in [4.69, 9.17) is 22.1 Å². The molecule has 1 aliphatic rings. The van der Waals surface area contributed by atoms with Gasteiger partial charge in [-0.15, -0.1) is 11.3 Å². The highest BCUT2D eigenvalue weighted by atomic mass is 35.5. The number of allylic oxidation sites excluding steroid dienone is 2. The molecule has 28 heavy (non-hydrogen) atoms. The number of hydrogen-bond donors (Lipinski definition) is 2. The van der Waals surface area contributed by atoms with Crippen LogP contribution >= 0.6 is 22.9 Å². The summed E-state index contributed by atoms with van der Waals surface area (Å²) >= 11 is 7.09. The SMILES string of the molecule is CC(C)(C)OC(=O)C1=CC=C(CCC(=O)Nc2cc(Cl)cs2)C(N)([N+](=O)[O-])C1. The fraction of sp³-hybridized carbons (Fsp3) is 0.444. The van der Waals surface area contributed by atoms with Gasteiger partial charge >= 0.3 is 5.97 Å². The van der Waals surface area contributed by atoms with Crippen LogP contribution in [0.4, 0.5) is 5.00 Å². The predicted molar refractivity (Wildman–Crippen MR) is 108 cm³/mol. The van der Waals surface area contributed by atoms with Gasteiger partial charge < -0.3 is 10.1 Å². The predicted octanol–water partition coefficient (Wildman–Crippen LogP) is 3.65. The van der Waals surface area contributed by atoms with E-state index >= 15 is 0 Å². The highest BCUT2D eigenvalue weighted by molar-refractivity contribution is 7.14. The van der Waals surface area contributed by atoms with Crippen molar-refractivity contribution in [3.8, 4) is 0 Å². The molecular formula is C18H22ClN3O5S. The molecule has 1 atom stereocenters. The van der Waals surface area contributed by atoms with Gasteiger partial charge in [0.05, 0.1) is 16.4 Å². The lowest BCUT2D eigenvalue weighted by molar-refractivity contribution is -0.557. The highest BCUT2D eigenvalue weighted by Crippen LogP contribution is 2.32. The van der Waals surface area contributed by atoms with Crippen LogP contribution in [0.5, 0.6) is 0 Å². The normalized spacial score (nSPS) is 19.5. The lowest BCUT2D eigenvalue weighted by atomic mass is 9.85. The zero-order chi connectivity index (χ0) is 21.1. The summed E-state index contributed by atoms with van der Waals surface area (Å²) in [4.78, 5) is 35.3. The van der Waals surface area contributed by atoms with Crippen LogP contribution in [0, 0.1) is 10.1 Å². The van der Waals surface area contributed by atoms with Gasteiger partial charge in [0.15, 0.2) is 0 Å². The topological polar surface area (TPSA) is 125 Å². The number of hydrogen-bond acceptors (Lipinski definition) is 7. The zero-order valence-corrected chi connectivity index (χ0v) is 17.4. The Balaban J connectivity index is 2.10. The van der Waals surface area contributed by atoms with Crippen LogP contribution in [0.2, 0.25) is 5.02 Å². The molecule has 10 heteroatoms. The van der Waals surface area contributed by atoms with E-state index in [2.05, 4.69) is 5.32 Å². The molecule has 0 spiro atoms. The van der Waals surface area contributed by atoms with Gasteiger partial charge in [0.25, 0.3) is 5.66 Å². The first kappa shape index (κ1) is 22.1. The standard InChI is InChI=1S/C18H22ClN3O5S/c1-17(2,3)27-16(24)11-4-5-12(18(20,9-11)22(25)26)6-7-14(23)21-15-8-13(19)10-28-15/h4-5,8,10H,6-7,9,20H2,1-3H3,(H,21,23). The van der Waals surface area contributed by atoms with Crippen molar-refractivity contribution in [3.05, 3.63) is 49.9 Å². The molecule has 0 bridgehead atoms. The number of ether oxygens (including phenoxy) is 1. The number of halogens is 1. The van der Waals surface area contributed by atoms with Gasteiger partial charge in [0.1, 0.15) is 5.60 Å². The third-order valence-corrected chi connectivity index (χ3v) is 5.13. The minimum absolute atomic E-state index is 0.00372. The van der Waals surface area contributed by atoms with Crippen molar-refractivity contribution in [1.82, 2.24) is 0 Å². The molecule has 1 aliphatic carbocycles. The summed E-state index contributed by atoms with van der Waals surface area (Å²) in [7, 11) is 0. The monoisotopic (exact) mass is 427 g/mol. The quantitative estimate of drug-likeness (QED) is 0.309. The summed E-state index contributed by atoms with van der Waals surface area (Å²) in [6, 6.07) is 1.62. The van der Waals surface area contributed by atoms with E-state index in [0.717, 1.165) is 0 Å². The Bertz CT molecular complexity index is 856. The first-order chi connectivity index (χ1) is 12.9. The fourth-order valence-corrected chi connectivity index (χ4v) is 3.58. The zero-order valence-electron chi connectivity index (χ0n) is 15.8. The summed E-state index contributed by atoms with van der Waals surface area (Å²) < 4.78 is 5.26. The van der Waals surface area contributed by atoms with E-state index in [0.29, 0.717) is 10.0 Å². The Kier molecular flexibility index (Phi) is 6.63. The first-order valence-electron chi connectivity index (χ1n) is 8.51. The van der Waals surface area contributed by atoms with E-state index in [9.17, 15) is 19.7 Å². The molecule has 1 heterocycles. The third-order valence-electron chi connectivity index (χ3n) is 3.94. The molecule has 152 valence electrons. The van der Waals surface area contributed by atoms with E-state index in [1.165, 1.54) is 23.5 Å². The number of carbonyl (C=O) groups excluding carboxylic acids is 2. The van der Waals surface area contributed by atoms with E-state index in [-0.39, 0.29) is 36.3 Å². The Morgan fingerprint density at radius 2 is 2.11 bits per heavy atom. The molecule has 0 aliphatic heterocycles. The number of esters is 1. The number of anilines is 1. The van der Waals surface area contributed by atoms with Crippen LogP contribution in [-0.2, 0) is 14.3 Å². The van der Waals surface area contributed by atoms with E-state index in [1.807, 2.05) is 0 Å². The van der Waals surface area contributed by atoms with Crippen LogP contribution in [-0.4, -0.2) is 28.1 Å². The Labute approximate surface area is 171 Å². The minimum Gasteiger partial charge on any atom is -0.457 e. The van der Waals surface area contributed by atoms with Gasteiger partial charge in [-0.2, -0.15) is 0 Å². The number of carbonyl (C=O) groups is 2. The lowest BCUT2D eigenvalue weighted by Crippen LogP contribution is -2.51. The van der Waals surface area contributed by atoms with Crippen molar-refractivity contribution in [2.24, 2.45) is 5.73 Å². The molecule has 0 saturated carbocycles. The van der Waals surface area contributed by atoms with Gasteiger partial charge in [0.2, 0.25) is 5.91 Å². The van der Waals surface area contributed by atoms with Crippen molar-refractivity contribution in [2.45, 2.75) is 51.3 Å². The fourth-order valence-electron chi connectivity index (χ4n) is 2.60. The van der Waals surface area contributed by atoms with Crippen LogP contribution in [0.15, 0.2) is 34.7 Å². The number of rotatable bonds is 6. The summed E-state index contributed by atoms with van der Waals surface area (Å²) in [5.74, 6) is -0.959. The van der Waals surface area contributed by atoms with Crippen molar-refractivity contribution in [2.75, 3.05) is 5.32 Å². The number of nitrogens with one attached hydrogen (secondary N) is 1. The molecule has 0 fully saturated rings. The summed E-state index contributed by atoms with van der Waals surface area (Å²) in [6.45, 7) is 5.12. The van der Waals surface area contributed by atoms with Crippen molar-refractivity contribution in [3.63, 3.8) is 0 Å². The number of thiophene rings is 1. The van der Waals surface area contributed by atoms with Gasteiger partial charge in [0, 0.05) is 27.9 Å². The molecule has 8 nitrogen and oxygen atoms in total. The molecule has 0 radical (unpaired) electrons. The molecule has 1 unspecified atom stereocenters. The molecule has 1 aromatic heterocycles. The molecule has 1 aromatic rings. The summed E-state index contributed by atoms with van der Waals surface area (Å²) in [5.41, 5.74) is 3.72. The smallest absolute Gasteiger partial charge is 0.334 e. The first-order valence-corrected chi connectivity index (χ1v) is 9.77. The summed E-state index contributed by atoms with van der Waals surface area (Å²) in [5, 5.41) is 17.1. The third kappa shape index (κ3) is 5.63. The molecule has 3 N–H and O–H groups in total. The van der Waals surface area contributed by atoms with Crippen LogP contribution in [0.1, 0.15) is 40.0 Å². The number of nitro groups is 1. The second kappa shape index (κ2) is 8.42. The maximum absolute atomic E-state index is 12.2. The highest BCUT2D eigenvalue weighted by Gasteiger charge is 2.46. The Hall–Kier alpha value is -2.23. The number of nitrogens with two attached hydrogens (primary N) is 1. The average Bonchev–Trinajstić information content (AvgIpc) is 2.96. The van der Waals surface area contributed by atoms with Crippen molar-refractivity contribution in [1.29, 1.82) is 0 Å². The van der Waals surface area contributed by atoms with Crippen molar-refractivity contribution >= 4 is 39.8 Å². The molecular weight excluding hydrogens is 406 g/mol. The molecule has 1 amide bonds. The molecule has 0 aromatic carbocycles. The van der Waals surface area contributed by atoms with Crippen LogP contribution < -0.4 is 11.1 Å². The summed E-state index contributed by atoms with van der Waals surface area (Å²) in [6.07, 6.45) is 2.68. The Morgan fingerprint density at radius 3 is 2.64 bits per heavy atom. The van der Waals surface area contributed by atoms with Crippen LogP contribution in [0.3, 0.4) is 0 Å². The second-order valence-corrected chi connectivity index (χ2v) is 8.77. The van der Waals surface area contributed by atoms with Gasteiger partial charge in [-0.25, -0.2) is 4.79 Å². The van der Waals surface area contributed by atoms with E-state index < -0.39 is 22.2 Å². The van der Waals surface area contributed by atoms with Gasteiger partial charge in [-0.3, -0.25) is 20.6 Å². The average molecular weight is 428 g/mol. The van der Waals surface area contributed by atoms with Gasteiger partial charge in [-0.05, 0) is 33.3 Å². The maximum Gasteiger partial charge on any atom is 0.334 e. The second-order valence-electron chi connectivity index (χ2n) is 7.42. The molecule has 0 saturated heterocycles. The van der Waals surface area contributed by atoms with Gasteiger partial charge in [-0.1, -0.05) is 23.8 Å². The lowest BCUT2D eigenvalue weighted by Gasteiger charge is -2.28. The van der Waals surface area contributed by atoms with E-state index in [1.54, 1.807) is 32.2 Å². The van der Waals surface area contributed by atoms with Crippen LogP contribution in [0.25, 0.3) is 0 Å². The number of amides is 1. The van der Waals surface area contributed by atoms with Crippen molar-refractivity contribution < 1.29 is 19.2 Å². The minimum atomic E-state index is -1.96. The molecule has 2 rings (SSSR count). The Morgan fingerprint density at radius 1 is 1.43 bits per heavy atom.